The maximum absolute atomic E-state index is 13.9. The molecule has 3 aromatic rings. The minimum atomic E-state index is -0.266. The molecular weight excluding hydrogens is 341 g/mol. The minimum Gasteiger partial charge on any atom is -0.493 e. The first-order valence-electron chi connectivity index (χ1n) is 9.09. The predicted octanol–water partition coefficient (Wildman–Crippen LogP) is 4.24. The van der Waals surface area contributed by atoms with E-state index in [2.05, 4.69) is 24.4 Å². The number of halogens is 1. The average Bonchev–Trinajstić information content (AvgIpc) is 2.72. The summed E-state index contributed by atoms with van der Waals surface area (Å²) in [6.07, 6.45) is 0. The molecule has 3 rings (SSSR count). The summed E-state index contributed by atoms with van der Waals surface area (Å²) in [7, 11) is 1.62. The topological polar surface area (TPSA) is 35.1 Å². The first-order valence-corrected chi connectivity index (χ1v) is 9.09. The number of benzene rings is 3. The molecule has 0 bridgehead atoms. The fourth-order valence-electron chi connectivity index (χ4n) is 3.01. The molecule has 0 aromatic heterocycles. The van der Waals surface area contributed by atoms with Crippen LogP contribution in [0.2, 0.25) is 0 Å². The lowest BCUT2D eigenvalue weighted by Gasteiger charge is -2.16. The summed E-state index contributed by atoms with van der Waals surface area (Å²) in [5.41, 5.74) is 2.82. The second-order valence-corrected chi connectivity index (χ2v) is 6.47. The molecule has 27 heavy (non-hydrogen) atoms. The molecule has 0 saturated carbocycles. The molecule has 0 unspecified atom stereocenters. The van der Waals surface area contributed by atoms with Gasteiger partial charge >= 0.3 is 0 Å². The normalized spacial score (nSPS) is 11.8. The highest BCUT2D eigenvalue weighted by molar-refractivity contribution is 5.46. The Morgan fingerprint density at radius 1 is 0.889 bits per heavy atom. The van der Waals surface area contributed by atoms with E-state index >= 15 is 0 Å². The van der Waals surface area contributed by atoms with E-state index in [0.29, 0.717) is 23.1 Å². The summed E-state index contributed by atoms with van der Waals surface area (Å²) in [4.78, 5) is 0. The third kappa shape index (κ3) is 4.86. The number of para-hydroxylation sites is 1. The molecule has 0 saturated heterocycles. The lowest BCUT2D eigenvalue weighted by molar-refractivity contribution is -0.708. The van der Waals surface area contributed by atoms with Crippen LogP contribution in [0.5, 0.6) is 11.5 Å². The summed E-state index contributed by atoms with van der Waals surface area (Å²) in [6, 6.07) is 23.2. The number of hydrogen-bond donors (Lipinski definition) is 1. The van der Waals surface area contributed by atoms with E-state index < -0.39 is 0 Å². The molecule has 3 nitrogen and oxygen atoms in total. The van der Waals surface area contributed by atoms with Crippen molar-refractivity contribution in [1.82, 2.24) is 0 Å². The van der Waals surface area contributed by atoms with Gasteiger partial charge in [0, 0.05) is 11.1 Å². The van der Waals surface area contributed by atoms with Crippen molar-refractivity contribution in [2.45, 2.75) is 26.1 Å². The van der Waals surface area contributed by atoms with Crippen molar-refractivity contribution < 1.29 is 19.2 Å². The molecule has 1 atom stereocenters. The van der Waals surface area contributed by atoms with Gasteiger partial charge in [-0.3, -0.25) is 0 Å². The van der Waals surface area contributed by atoms with Gasteiger partial charge < -0.3 is 14.8 Å². The van der Waals surface area contributed by atoms with Crippen molar-refractivity contribution in [2.75, 3.05) is 7.11 Å². The molecule has 0 heterocycles. The van der Waals surface area contributed by atoms with E-state index in [-0.39, 0.29) is 12.4 Å². The van der Waals surface area contributed by atoms with Gasteiger partial charge in [-0.25, -0.2) is 4.39 Å². The third-order valence-corrected chi connectivity index (χ3v) is 4.63. The molecular formula is C23H25FNO2+. The molecule has 3 aromatic carbocycles. The van der Waals surface area contributed by atoms with Crippen LogP contribution in [-0.4, -0.2) is 7.11 Å². The Labute approximate surface area is 159 Å². The number of ether oxygens (including phenoxy) is 2. The summed E-state index contributed by atoms with van der Waals surface area (Å²) in [5.74, 6) is 1.06. The fourth-order valence-corrected chi connectivity index (χ4v) is 3.01. The molecule has 0 aliphatic heterocycles. The van der Waals surface area contributed by atoms with Gasteiger partial charge in [-0.2, -0.15) is 0 Å². The predicted molar refractivity (Wildman–Crippen MR) is 104 cm³/mol. The zero-order valence-electron chi connectivity index (χ0n) is 15.7. The van der Waals surface area contributed by atoms with Crippen LogP contribution in [-0.2, 0) is 13.2 Å². The van der Waals surface area contributed by atoms with Crippen LogP contribution in [0.3, 0.4) is 0 Å². The van der Waals surface area contributed by atoms with Crippen LogP contribution in [0, 0.1) is 5.82 Å². The minimum absolute atomic E-state index is 0.161. The summed E-state index contributed by atoms with van der Waals surface area (Å²) >= 11 is 0. The molecule has 2 N–H and O–H groups in total. The Morgan fingerprint density at radius 3 is 2.33 bits per heavy atom. The van der Waals surface area contributed by atoms with Gasteiger partial charge in [0.2, 0.25) is 0 Å². The summed E-state index contributed by atoms with van der Waals surface area (Å²) < 4.78 is 25.3. The van der Waals surface area contributed by atoms with Crippen LogP contribution in [0.25, 0.3) is 0 Å². The molecule has 0 fully saturated rings. The lowest BCUT2D eigenvalue weighted by Crippen LogP contribution is -2.83. The zero-order valence-corrected chi connectivity index (χ0v) is 15.7. The third-order valence-electron chi connectivity index (χ3n) is 4.63. The van der Waals surface area contributed by atoms with E-state index in [1.165, 1.54) is 11.6 Å². The Balaban J connectivity index is 1.74. The number of nitrogens with two attached hydrogens (primary N) is 1. The maximum Gasteiger partial charge on any atom is 0.170 e. The second kappa shape index (κ2) is 9.19. The highest BCUT2D eigenvalue weighted by Crippen LogP contribution is 2.31. The molecule has 0 spiro atoms. The van der Waals surface area contributed by atoms with Crippen LogP contribution in [0.4, 0.5) is 4.39 Å². The van der Waals surface area contributed by atoms with Crippen LogP contribution in [0.15, 0.2) is 72.8 Å². The number of methoxy groups -OCH3 is 1. The smallest absolute Gasteiger partial charge is 0.170 e. The average molecular weight is 366 g/mol. The Bertz CT molecular complexity index is 867. The summed E-state index contributed by atoms with van der Waals surface area (Å²) in [5, 5.41) is 2.25. The monoisotopic (exact) mass is 366 g/mol. The van der Waals surface area contributed by atoms with Gasteiger partial charge in [0.25, 0.3) is 0 Å². The van der Waals surface area contributed by atoms with Crippen molar-refractivity contribution in [3.8, 4) is 11.5 Å². The first-order chi connectivity index (χ1) is 13.2. The largest absolute Gasteiger partial charge is 0.493 e. The quantitative estimate of drug-likeness (QED) is 0.647. The number of rotatable bonds is 8. The maximum atomic E-state index is 13.9. The molecule has 4 heteroatoms. The van der Waals surface area contributed by atoms with E-state index in [1.54, 1.807) is 25.3 Å². The van der Waals surface area contributed by atoms with Gasteiger partial charge in [0.1, 0.15) is 25.0 Å². The van der Waals surface area contributed by atoms with Crippen molar-refractivity contribution in [2.24, 2.45) is 0 Å². The van der Waals surface area contributed by atoms with E-state index in [4.69, 9.17) is 9.47 Å². The highest BCUT2D eigenvalue weighted by Gasteiger charge is 2.15. The Hall–Kier alpha value is -2.85. The van der Waals surface area contributed by atoms with Crippen molar-refractivity contribution in [1.29, 1.82) is 0 Å². The molecule has 0 radical (unpaired) electrons. The first kappa shape index (κ1) is 18.9. The highest BCUT2D eigenvalue weighted by atomic mass is 19.1. The number of hydrogen-bond acceptors (Lipinski definition) is 2. The Morgan fingerprint density at radius 2 is 1.59 bits per heavy atom. The van der Waals surface area contributed by atoms with Gasteiger partial charge in [-0.05, 0) is 25.1 Å². The van der Waals surface area contributed by atoms with Crippen molar-refractivity contribution in [3.63, 3.8) is 0 Å². The zero-order chi connectivity index (χ0) is 19.1. The summed E-state index contributed by atoms with van der Waals surface area (Å²) in [6.45, 7) is 3.07. The molecule has 0 amide bonds. The van der Waals surface area contributed by atoms with Crippen LogP contribution in [0.1, 0.15) is 29.7 Å². The number of quaternary nitrogens is 1. The van der Waals surface area contributed by atoms with Gasteiger partial charge in [-0.15, -0.1) is 0 Å². The van der Waals surface area contributed by atoms with Gasteiger partial charge in [-0.1, -0.05) is 54.6 Å². The van der Waals surface area contributed by atoms with Gasteiger partial charge in [0.15, 0.2) is 11.5 Å². The van der Waals surface area contributed by atoms with Crippen LogP contribution < -0.4 is 14.8 Å². The second-order valence-electron chi connectivity index (χ2n) is 6.47. The van der Waals surface area contributed by atoms with E-state index in [9.17, 15) is 4.39 Å². The van der Waals surface area contributed by atoms with Gasteiger partial charge in [0.05, 0.1) is 12.7 Å². The van der Waals surface area contributed by atoms with Crippen molar-refractivity contribution in [3.05, 3.63) is 95.3 Å². The lowest BCUT2D eigenvalue weighted by atomic mass is 10.1. The van der Waals surface area contributed by atoms with Crippen LogP contribution >= 0.6 is 0 Å². The molecule has 0 aliphatic rings. The standard InChI is InChI=1S/C23H24FNO2/c1-17(18-9-4-3-5-10-18)25-15-19-12-8-14-22(26-2)23(19)27-16-20-11-6-7-13-21(20)24/h3-14,17,25H,15-16H2,1-2H3/p+1/t17-/m0/s1. The van der Waals surface area contributed by atoms with E-state index in [0.717, 1.165) is 12.1 Å². The Kier molecular flexibility index (Phi) is 6.44. The van der Waals surface area contributed by atoms with E-state index in [1.807, 2.05) is 36.4 Å². The molecule has 140 valence electrons. The fraction of sp³-hybridized carbons (Fsp3) is 0.217. The molecule has 0 aliphatic carbocycles. The SMILES string of the molecule is COc1cccc(C[NH2+][C@@H](C)c2ccccc2)c1OCc1ccccc1F. The van der Waals surface area contributed by atoms with Crippen molar-refractivity contribution >= 4 is 0 Å².